The number of nitriles is 2. The summed E-state index contributed by atoms with van der Waals surface area (Å²) in [5.41, 5.74) is 1.72. The highest BCUT2D eigenvalue weighted by Crippen LogP contribution is 2.38. The highest BCUT2D eigenvalue weighted by atomic mass is 79.9. The number of carbonyl (C=O) groups is 8. The van der Waals surface area contributed by atoms with Crippen molar-refractivity contribution in [3.8, 4) is 40.3 Å². The fourth-order valence-corrected chi connectivity index (χ4v) is 13.1. The van der Waals surface area contributed by atoms with Gasteiger partial charge in [-0.2, -0.15) is 25.8 Å². The normalized spacial score (nSPS) is 17.3. The van der Waals surface area contributed by atoms with E-state index in [-0.39, 0.29) is 116 Å². The van der Waals surface area contributed by atoms with Crippen molar-refractivity contribution >= 4 is 92.6 Å². The van der Waals surface area contributed by atoms with Gasteiger partial charge in [-0.05, 0) is 117 Å². The molecule has 116 heavy (non-hydrogen) atoms. The van der Waals surface area contributed by atoms with Gasteiger partial charge in [0.25, 0.3) is 29.5 Å². The highest BCUT2D eigenvalue weighted by molar-refractivity contribution is 9.10. The number of amides is 8. The number of halogens is 4. The summed E-state index contributed by atoms with van der Waals surface area (Å²) in [6.07, 6.45) is 3.43. The van der Waals surface area contributed by atoms with Crippen LogP contribution >= 0.6 is 27.5 Å². The van der Waals surface area contributed by atoms with Crippen LogP contribution in [-0.2, 0) is 54.8 Å². The number of rotatable bonds is 10. The summed E-state index contributed by atoms with van der Waals surface area (Å²) < 4.78 is 45.7. The first-order valence-electron chi connectivity index (χ1n) is 36.3. The minimum atomic E-state index is -1.12. The Morgan fingerprint density at radius 1 is 0.560 bits per heavy atom. The SMILES string of the molecule is Brc1ccn(Cc2ccccc2)n1.CC(C)(C)OC(=O)N1Cc2nc(-c3c(F)cccc3C#N)cc(-n3ccc(N4CC[C@H](O)C4=O)n3)c2C1=O.CC(C)(C)OC(=O)N1Cc2nc(-c3c(F)cccc3C#N)cc(Cl)c2C1=O.O=C1NCC[C@@H]1O.O=C1[C@@H](O)CCN1c1ccn(Cc2ccccc2)n1.O=C1[C@@H](O)CCN1c1ccn[nH]1. The second-order valence-corrected chi connectivity index (χ2v) is 29.9. The average molecular weight is 1670 g/mol. The second-order valence-electron chi connectivity index (χ2n) is 28.7. The van der Waals surface area contributed by atoms with Gasteiger partial charge in [0, 0.05) is 82.2 Å². The van der Waals surface area contributed by atoms with Gasteiger partial charge in [-0.1, -0.05) is 84.4 Å². The number of anilines is 3. The summed E-state index contributed by atoms with van der Waals surface area (Å²) in [5, 5.41) is 77.8. The fourth-order valence-electron chi connectivity index (χ4n) is 12.5. The molecule has 0 bridgehead atoms. The molecule has 6 aliphatic heterocycles. The zero-order chi connectivity index (χ0) is 83.4. The molecule has 4 aromatic carbocycles. The van der Waals surface area contributed by atoms with Gasteiger partial charge >= 0.3 is 12.2 Å². The summed E-state index contributed by atoms with van der Waals surface area (Å²) in [7, 11) is 0. The van der Waals surface area contributed by atoms with E-state index in [1.165, 1.54) is 85.7 Å². The van der Waals surface area contributed by atoms with Crippen molar-refractivity contribution in [3.05, 3.63) is 224 Å². The number of benzene rings is 4. The van der Waals surface area contributed by atoms with E-state index in [0.29, 0.717) is 57.1 Å². The van der Waals surface area contributed by atoms with Crippen LogP contribution in [0.3, 0.4) is 0 Å². The second kappa shape index (κ2) is 36.6. The molecule has 0 saturated carbocycles. The number of pyridine rings is 2. The molecule has 8 amide bonds. The van der Waals surface area contributed by atoms with Crippen molar-refractivity contribution in [2.45, 2.75) is 129 Å². The molecular weight excluding hydrogens is 1590 g/mol. The lowest BCUT2D eigenvalue weighted by Crippen LogP contribution is -2.37. The van der Waals surface area contributed by atoms with E-state index in [1.807, 2.05) is 83.8 Å². The van der Waals surface area contributed by atoms with E-state index >= 15 is 0 Å². The van der Waals surface area contributed by atoms with Crippen LogP contribution in [0.5, 0.6) is 0 Å². The zero-order valence-corrected chi connectivity index (χ0v) is 65.7. The molecular formula is C80H78BrClF2N18O14. The first kappa shape index (κ1) is 84.1. The highest BCUT2D eigenvalue weighted by Gasteiger charge is 2.42. The molecule has 16 rings (SSSR count). The number of hydrogen-bond donors (Lipinski definition) is 6. The first-order valence-corrected chi connectivity index (χ1v) is 37.5. The van der Waals surface area contributed by atoms with E-state index in [2.05, 4.69) is 68.8 Å². The molecule has 0 unspecified atom stereocenters. The number of ether oxygens (including phenoxy) is 2. The van der Waals surface area contributed by atoms with E-state index in [0.717, 1.165) is 26.5 Å². The molecule has 0 spiro atoms. The third-order valence-electron chi connectivity index (χ3n) is 18.0. The maximum Gasteiger partial charge on any atom is 0.417 e. The van der Waals surface area contributed by atoms with Crippen LogP contribution < -0.4 is 20.0 Å². The standard InChI is InChI=1S/C26H23FN6O5.C19H15ClFN3O3.C14H15N3O2.C10H9BrN2.C7H9N3O2.C4H7NO2/c1-26(2,3)38-25(37)32-13-17-22(24(32)36)18(11-16(29-17)21-14(12-28)5-4-6-15(21)27)33-10-8-20(30-33)31-9-7-19(34)23(31)35;1-19(2,3)27-18(26)24-9-14-16(17(24)25)11(20)7-13(23-14)15-10(8-22)5-4-6-12(15)21;18-12-6-9-17(14(12)19)13-7-8-16(15-13)10-11-4-2-1-3-5-11;11-10-6-7-13(12-10)8-9-4-2-1-3-5-9;11-5-2-4-10(7(5)12)6-1-3-8-9-6;6-3-1-2-5-4(3)7/h4-6,8,10-11,19,34H,7,9,13H2,1-3H3;4-7H,9H2,1-3H3;1-5,7-8,12,18H,6,9-10H2;1-7H,8H2;1,3,5,11H,2,4H2,(H,8,9);3,6H,1-2H2,(H,5,7)/t19-;;12-;;5-;3-/m0.0.00/s1. The molecule has 4 atom stereocenters. The third-order valence-corrected chi connectivity index (χ3v) is 18.7. The lowest BCUT2D eigenvalue weighted by atomic mass is 10.0. The summed E-state index contributed by atoms with van der Waals surface area (Å²) in [6, 6.07) is 42.0. The third kappa shape index (κ3) is 20.2. The van der Waals surface area contributed by atoms with Crippen LogP contribution in [0, 0.1) is 34.3 Å². The van der Waals surface area contributed by atoms with Crippen molar-refractivity contribution in [2.24, 2.45) is 0 Å². The van der Waals surface area contributed by atoms with Crippen LogP contribution in [0.15, 0.2) is 163 Å². The van der Waals surface area contributed by atoms with Gasteiger partial charge in [0.2, 0.25) is 5.91 Å². The number of aromatic amines is 1. The van der Waals surface area contributed by atoms with Gasteiger partial charge in [-0.3, -0.25) is 57.9 Å². The zero-order valence-electron chi connectivity index (χ0n) is 63.3. The monoisotopic (exact) mass is 1670 g/mol. The number of nitrogens with one attached hydrogen (secondary N) is 2. The predicted octanol–water partition coefficient (Wildman–Crippen LogP) is 9.33. The molecule has 0 aliphatic carbocycles. The van der Waals surface area contributed by atoms with Crippen molar-refractivity contribution in [2.75, 3.05) is 40.9 Å². The van der Waals surface area contributed by atoms with Crippen LogP contribution in [0.25, 0.3) is 28.2 Å². The quantitative estimate of drug-likeness (QED) is 0.0742. The Morgan fingerprint density at radius 3 is 1.46 bits per heavy atom. The van der Waals surface area contributed by atoms with Gasteiger partial charge in [-0.15, -0.1) is 5.10 Å². The van der Waals surface area contributed by atoms with Gasteiger partial charge in [0.15, 0.2) is 11.6 Å². The van der Waals surface area contributed by atoms with Crippen LogP contribution in [0.4, 0.5) is 35.8 Å². The number of hydrogen-bond acceptors (Lipinski definition) is 22. The summed E-state index contributed by atoms with van der Waals surface area (Å²) in [4.78, 5) is 111. The number of nitrogens with zero attached hydrogens (tertiary/aromatic N) is 16. The Bertz CT molecular complexity index is 5410. The van der Waals surface area contributed by atoms with Gasteiger partial charge in [0.05, 0.1) is 111 Å². The number of fused-ring (bicyclic) bond motifs is 2. The summed E-state index contributed by atoms with van der Waals surface area (Å²) >= 11 is 9.54. The lowest BCUT2D eigenvalue weighted by molar-refractivity contribution is -0.126. The number of imide groups is 2. The Balaban J connectivity index is 0.000000148. The molecule has 0 radical (unpaired) electrons. The maximum atomic E-state index is 14.9. The number of aliphatic hydroxyl groups is 4. The molecule has 6 aliphatic rings. The smallest absolute Gasteiger partial charge is 0.417 e. The Kier molecular flexibility index (Phi) is 26.5. The minimum Gasteiger partial charge on any atom is -0.443 e. The minimum absolute atomic E-state index is 0.00660. The molecule has 32 nitrogen and oxygen atoms in total. The number of aliphatic hydroxyl groups excluding tert-OH is 4. The molecule has 10 aromatic rings. The van der Waals surface area contributed by atoms with Gasteiger partial charge in [-0.25, -0.2) is 42.8 Å². The van der Waals surface area contributed by atoms with E-state index < -0.39 is 77.2 Å². The van der Waals surface area contributed by atoms with Crippen LogP contribution in [0.1, 0.15) is 122 Å². The number of carbonyl (C=O) groups excluding carboxylic acids is 8. The van der Waals surface area contributed by atoms with Gasteiger partial charge in [0.1, 0.15) is 57.7 Å². The number of H-pyrrole nitrogens is 1. The molecule has 600 valence electrons. The molecule has 4 fully saturated rings. The summed E-state index contributed by atoms with van der Waals surface area (Å²) in [6.45, 7) is 13.2. The van der Waals surface area contributed by atoms with Gasteiger partial charge < -0.3 is 35.2 Å². The van der Waals surface area contributed by atoms with Crippen molar-refractivity contribution in [1.29, 1.82) is 10.5 Å². The van der Waals surface area contributed by atoms with Crippen LogP contribution in [0.2, 0.25) is 5.02 Å². The number of aromatic nitrogens is 10. The van der Waals surface area contributed by atoms with E-state index in [1.54, 1.807) is 64.6 Å². The fraction of sp³-hybridized carbons (Fsp3) is 0.300. The van der Waals surface area contributed by atoms with Crippen molar-refractivity contribution < 1.29 is 77.0 Å². The molecule has 36 heteroatoms. The van der Waals surface area contributed by atoms with Crippen LogP contribution in [-0.4, -0.2) is 189 Å². The Labute approximate surface area is 675 Å². The Hall–Kier alpha value is -12.8. The Morgan fingerprint density at radius 2 is 1.03 bits per heavy atom. The topological polar surface area (TPSA) is 420 Å². The van der Waals surface area contributed by atoms with Crippen molar-refractivity contribution in [1.82, 2.24) is 64.6 Å². The molecule has 12 heterocycles. The average Bonchev–Trinajstić information content (AvgIpc) is 1.58. The largest absolute Gasteiger partial charge is 0.443 e. The molecule has 6 aromatic heterocycles. The predicted molar refractivity (Wildman–Crippen MR) is 417 cm³/mol. The lowest BCUT2D eigenvalue weighted by Gasteiger charge is -2.23. The van der Waals surface area contributed by atoms with E-state index in [4.69, 9.17) is 31.3 Å². The molecule has 4 saturated heterocycles. The first-order chi connectivity index (χ1) is 55.3. The summed E-state index contributed by atoms with van der Waals surface area (Å²) in [5.74, 6) is -2.36. The molecule has 6 N–H and O–H groups in total. The van der Waals surface area contributed by atoms with Crippen molar-refractivity contribution in [3.63, 3.8) is 0 Å². The van der Waals surface area contributed by atoms with E-state index in [9.17, 15) is 67.9 Å². The maximum absolute atomic E-state index is 14.9.